The summed E-state index contributed by atoms with van der Waals surface area (Å²) in [5, 5.41) is 5.14. The van der Waals surface area contributed by atoms with E-state index in [0.29, 0.717) is 13.0 Å². The lowest BCUT2D eigenvalue weighted by Crippen LogP contribution is -2.39. The Morgan fingerprint density at radius 2 is 1.88 bits per heavy atom. The van der Waals surface area contributed by atoms with Crippen LogP contribution in [0.1, 0.15) is 34.1 Å². The second-order valence-electron chi connectivity index (χ2n) is 6.74. The first kappa shape index (κ1) is 18.7. The van der Waals surface area contributed by atoms with Crippen LogP contribution in [-0.4, -0.2) is 29.1 Å². The van der Waals surface area contributed by atoms with Crippen molar-refractivity contribution in [2.24, 2.45) is 0 Å². The third-order valence-corrected chi connectivity index (χ3v) is 4.89. The Bertz CT molecular complexity index is 673. The first-order valence-corrected chi connectivity index (χ1v) is 9.45. The van der Waals surface area contributed by atoms with Gasteiger partial charge in [0.15, 0.2) is 6.10 Å². The van der Waals surface area contributed by atoms with Gasteiger partial charge >= 0.3 is 0 Å². The number of hydrogen-bond acceptors (Lipinski definition) is 3. The molecule has 0 aliphatic carbocycles. The van der Waals surface area contributed by atoms with E-state index in [2.05, 4.69) is 26.1 Å². The second kappa shape index (κ2) is 8.43. The van der Waals surface area contributed by atoms with Gasteiger partial charge in [-0.1, -0.05) is 64.1 Å². The maximum absolute atomic E-state index is 12.4. The lowest BCUT2D eigenvalue weighted by Gasteiger charge is -2.20. The van der Waals surface area contributed by atoms with Gasteiger partial charge in [-0.15, -0.1) is 0 Å². The number of rotatable bonds is 7. The zero-order chi connectivity index (χ0) is 17.6. The van der Waals surface area contributed by atoms with Crippen molar-refractivity contribution in [2.45, 2.75) is 45.0 Å². The maximum Gasteiger partial charge on any atom is 0.261 e. The topological polar surface area (TPSA) is 38.3 Å². The van der Waals surface area contributed by atoms with E-state index in [1.807, 2.05) is 61.2 Å². The van der Waals surface area contributed by atoms with E-state index in [1.165, 1.54) is 0 Å². The number of amides is 1. The molecule has 0 aliphatic heterocycles. The van der Waals surface area contributed by atoms with Gasteiger partial charge in [0.25, 0.3) is 5.91 Å². The van der Waals surface area contributed by atoms with Crippen LogP contribution in [0.5, 0.6) is 5.75 Å². The summed E-state index contributed by atoms with van der Waals surface area (Å²) in [5.41, 5.74) is 0. The first-order chi connectivity index (χ1) is 11.4. The number of fused-ring (bicyclic) bond motifs is 1. The normalized spacial score (nSPS) is 12.8. The van der Waals surface area contributed by atoms with Gasteiger partial charge in [-0.2, -0.15) is 11.8 Å². The summed E-state index contributed by atoms with van der Waals surface area (Å²) in [6.07, 6.45) is 0.178. The highest BCUT2D eigenvalue weighted by Gasteiger charge is 2.19. The Labute approximate surface area is 149 Å². The summed E-state index contributed by atoms with van der Waals surface area (Å²) >= 11 is 1.85. The molecule has 3 nitrogen and oxygen atoms in total. The number of ether oxygens (including phenoxy) is 1. The highest BCUT2D eigenvalue weighted by Crippen LogP contribution is 2.26. The summed E-state index contributed by atoms with van der Waals surface area (Å²) in [4.78, 5) is 12.4. The molecule has 0 aromatic heterocycles. The molecule has 2 rings (SSSR count). The fourth-order valence-electron chi connectivity index (χ4n) is 2.42. The summed E-state index contributed by atoms with van der Waals surface area (Å²) in [6, 6.07) is 14.0. The van der Waals surface area contributed by atoms with Crippen molar-refractivity contribution in [2.75, 3.05) is 12.3 Å². The number of thioether (sulfide) groups is 1. The van der Waals surface area contributed by atoms with Crippen LogP contribution in [0.3, 0.4) is 0 Å². The summed E-state index contributed by atoms with van der Waals surface area (Å²) in [7, 11) is 0. The highest BCUT2D eigenvalue weighted by atomic mass is 32.2. The van der Waals surface area contributed by atoms with Gasteiger partial charge < -0.3 is 10.1 Å². The van der Waals surface area contributed by atoms with Gasteiger partial charge in [0.1, 0.15) is 5.75 Å². The molecule has 1 atom stereocenters. The van der Waals surface area contributed by atoms with Crippen LogP contribution >= 0.6 is 11.8 Å². The van der Waals surface area contributed by atoms with E-state index < -0.39 is 6.10 Å². The minimum atomic E-state index is -0.463. The van der Waals surface area contributed by atoms with E-state index in [4.69, 9.17) is 4.74 Å². The van der Waals surface area contributed by atoms with Crippen molar-refractivity contribution >= 4 is 28.4 Å². The standard InChI is InChI=1S/C20H27NO2S/c1-5-17(19(22)21-13-14-24-20(2,3)4)23-18-12-8-10-15-9-6-7-11-16(15)18/h6-12,17H,5,13-14H2,1-4H3,(H,21,22)/t17-/m0/s1. The number of benzene rings is 2. The predicted molar refractivity (Wildman–Crippen MR) is 104 cm³/mol. The first-order valence-electron chi connectivity index (χ1n) is 8.47. The fraction of sp³-hybridized carbons (Fsp3) is 0.450. The van der Waals surface area contributed by atoms with Crippen molar-refractivity contribution < 1.29 is 9.53 Å². The molecule has 2 aromatic rings. The van der Waals surface area contributed by atoms with Gasteiger partial charge in [0, 0.05) is 22.4 Å². The number of nitrogens with one attached hydrogen (secondary N) is 1. The van der Waals surface area contributed by atoms with Crippen molar-refractivity contribution in [1.82, 2.24) is 5.32 Å². The third kappa shape index (κ3) is 5.45. The van der Waals surface area contributed by atoms with Gasteiger partial charge in [-0.3, -0.25) is 4.79 Å². The molecule has 4 heteroatoms. The van der Waals surface area contributed by atoms with Crippen molar-refractivity contribution in [1.29, 1.82) is 0 Å². The van der Waals surface area contributed by atoms with E-state index in [0.717, 1.165) is 22.3 Å². The minimum Gasteiger partial charge on any atom is -0.480 e. The maximum atomic E-state index is 12.4. The second-order valence-corrected chi connectivity index (χ2v) is 8.67. The molecule has 2 aromatic carbocycles. The molecular weight excluding hydrogens is 318 g/mol. The Morgan fingerprint density at radius 1 is 1.17 bits per heavy atom. The third-order valence-electron chi connectivity index (χ3n) is 3.62. The van der Waals surface area contributed by atoms with E-state index in [-0.39, 0.29) is 10.7 Å². The van der Waals surface area contributed by atoms with E-state index in [9.17, 15) is 4.79 Å². The molecule has 130 valence electrons. The monoisotopic (exact) mass is 345 g/mol. The molecule has 0 fully saturated rings. The molecule has 0 saturated carbocycles. The Kier molecular flexibility index (Phi) is 6.55. The quantitative estimate of drug-likeness (QED) is 0.743. The van der Waals surface area contributed by atoms with Gasteiger partial charge in [0.2, 0.25) is 0 Å². The molecular formula is C20H27NO2S. The lowest BCUT2D eigenvalue weighted by molar-refractivity contribution is -0.127. The van der Waals surface area contributed by atoms with Crippen LogP contribution in [0.4, 0.5) is 0 Å². The van der Waals surface area contributed by atoms with Gasteiger partial charge in [-0.25, -0.2) is 0 Å². The highest BCUT2D eigenvalue weighted by molar-refractivity contribution is 8.00. The molecule has 1 amide bonds. The van der Waals surface area contributed by atoms with Crippen molar-refractivity contribution in [3.8, 4) is 5.75 Å². The predicted octanol–water partition coefficient (Wildman–Crippen LogP) is 4.65. The molecule has 0 spiro atoms. The van der Waals surface area contributed by atoms with Crippen LogP contribution < -0.4 is 10.1 Å². The summed E-state index contributed by atoms with van der Waals surface area (Å²) < 4.78 is 6.23. The van der Waals surface area contributed by atoms with E-state index in [1.54, 1.807) is 0 Å². The summed E-state index contributed by atoms with van der Waals surface area (Å²) in [6.45, 7) is 9.17. The van der Waals surface area contributed by atoms with Crippen LogP contribution in [0.2, 0.25) is 0 Å². The van der Waals surface area contributed by atoms with Gasteiger partial charge in [-0.05, 0) is 17.9 Å². The molecule has 0 unspecified atom stereocenters. The Morgan fingerprint density at radius 3 is 2.58 bits per heavy atom. The van der Waals surface area contributed by atoms with E-state index >= 15 is 0 Å². The molecule has 0 heterocycles. The number of carbonyl (C=O) groups excluding carboxylic acids is 1. The molecule has 0 bridgehead atoms. The number of hydrogen-bond donors (Lipinski definition) is 1. The smallest absolute Gasteiger partial charge is 0.261 e. The fourth-order valence-corrected chi connectivity index (χ4v) is 3.24. The average Bonchev–Trinajstić information content (AvgIpc) is 2.55. The van der Waals surface area contributed by atoms with Crippen molar-refractivity contribution in [3.63, 3.8) is 0 Å². The lowest BCUT2D eigenvalue weighted by atomic mass is 10.1. The molecule has 0 aliphatic rings. The Hall–Kier alpha value is -1.68. The van der Waals surface area contributed by atoms with Crippen LogP contribution in [-0.2, 0) is 4.79 Å². The zero-order valence-corrected chi connectivity index (χ0v) is 15.8. The number of carbonyl (C=O) groups is 1. The molecule has 0 radical (unpaired) electrons. The van der Waals surface area contributed by atoms with Crippen LogP contribution in [0.25, 0.3) is 10.8 Å². The Balaban J connectivity index is 1.97. The molecule has 0 saturated heterocycles. The molecule has 24 heavy (non-hydrogen) atoms. The largest absolute Gasteiger partial charge is 0.480 e. The zero-order valence-electron chi connectivity index (χ0n) is 15.0. The molecule has 1 N–H and O–H groups in total. The van der Waals surface area contributed by atoms with Crippen molar-refractivity contribution in [3.05, 3.63) is 42.5 Å². The van der Waals surface area contributed by atoms with Gasteiger partial charge in [0.05, 0.1) is 0 Å². The van der Waals surface area contributed by atoms with Crippen LogP contribution in [0.15, 0.2) is 42.5 Å². The SMILES string of the molecule is CC[C@H](Oc1cccc2ccccc12)C(=O)NCCSC(C)(C)C. The minimum absolute atomic E-state index is 0.0417. The summed E-state index contributed by atoms with van der Waals surface area (Å²) in [5.74, 6) is 1.62. The van der Waals surface area contributed by atoms with Crippen LogP contribution in [0, 0.1) is 0 Å². The average molecular weight is 346 g/mol.